The summed E-state index contributed by atoms with van der Waals surface area (Å²) in [7, 11) is 0. The van der Waals surface area contributed by atoms with Gasteiger partial charge in [-0.2, -0.15) is 0 Å². The van der Waals surface area contributed by atoms with Crippen LogP contribution in [-0.2, 0) is 9.59 Å². The lowest BCUT2D eigenvalue weighted by Gasteiger charge is -2.68. The Morgan fingerprint density at radius 2 is 1.62 bits per heavy atom. The lowest BCUT2D eigenvalue weighted by Crippen LogP contribution is -2.63. The van der Waals surface area contributed by atoms with Gasteiger partial charge in [-0.1, -0.05) is 79.9 Å². The second-order valence-corrected chi connectivity index (χ2v) is 13.4. The van der Waals surface area contributed by atoms with Crippen LogP contribution < -0.4 is 0 Å². The Labute approximate surface area is 196 Å². The summed E-state index contributed by atoms with van der Waals surface area (Å²) in [6.45, 7) is 20.6. The number of allylic oxidation sites excluding steroid dienone is 4. The molecule has 2 saturated carbocycles. The number of Topliss-reactive ketones (excluding diaryl/α,β-unsaturated/α-hetero) is 1. The summed E-state index contributed by atoms with van der Waals surface area (Å²) in [5.74, 6) is 1.49. The average Bonchev–Trinajstić information content (AvgIpc) is 2.70. The van der Waals surface area contributed by atoms with E-state index in [2.05, 4.69) is 67.5 Å². The zero-order valence-electron chi connectivity index (χ0n) is 22.2. The fraction of sp³-hybridized carbons (Fsp3) is 0.800. The van der Waals surface area contributed by atoms with Gasteiger partial charge in [0.25, 0.3) is 0 Å². The molecule has 0 radical (unpaired) electrons. The first kappa shape index (κ1) is 24.0. The van der Waals surface area contributed by atoms with Gasteiger partial charge in [0.1, 0.15) is 0 Å². The Hall–Kier alpha value is -1.18. The molecule has 0 N–H and O–H groups in total. The molecule has 0 saturated heterocycles. The molecule has 0 amide bonds. The summed E-state index contributed by atoms with van der Waals surface area (Å²) in [4.78, 5) is 27.2. The zero-order valence-corrected chi connectivity index (χ0v) is 22.2. The molecule has 0 aromatic carbocycles. The third-order valence-corrected chi connectivity index (χ3v) is 11.5. The number of fused-ring (bicyclic) bond motifs is 5. The molecule has 0 bridgehead atoms. The molecule has 0 aromatic heterocycles. The number of carbonyl (C=O) groups excluding carboxylic acids is 2. The average molecular weight is 439 g/mol. The molecular weight excluding hydrogens is 392 g/mol. The largest absolute Gasteiger partial charge is 0.295 e. The predicted octanol–water partition coefficient (Wildman–Crippen LogP) is 7.72. The lowest BCUT2D eigenvalue weighted by molar-refractivity contribution is -0.158. The van der Waals surface area contributed by atoms with Crippen LogP contribution in [0, 0.1) is 44.8 Å². The van der Waals surface area contributed by atoms with E-state index in [1.54, 1.807) is 0 Å². The first-order chi connectivity index (χ1) is 14.7. The summed E-state index contributed by atoms with van der Waals surface area (Å²) in [6.07, 6.45) is 12.3. The van der Waals surface area contributed by atoms with Crippen molar-refractivity contribution in [3.8, 4) is 0 Å². The van der Waals surface area contributed by atoms with E-state index in [-0.39, 0.29) is 44.7 Å². The topological polar surface area (TPSA) is 34.1 Å². The molecule has 2 nitrogen and oxygen atoms in total. The van der Waals surface area contributed by atoms with Crippen molar-refractivity contribution in [3.63, 3.8) is 0 Å². The van der Waals surface area contributed by atoms with Crippen LogP contribution in [-0.4, -0.2) is 11.6 Å². The maximum absolute atomic E-state index is 14.1. The van der Waals surface area contributed by atoms with Crippen LogP contribution in [0.3, 0.4) is 0 Å². The molecule has 178 valence electrons. The fourth-order valence-electron chi connectivity index (χ4n) is 9.73. The summed E-state index contributed by atoms with van der Waals surface area (Å²) in [5.41, 5.74) is 1.87. The van der Waals surface area contributed by atoms with E-state index in [4.69, 9.17) is 0 Å². The van der Waals surface area contributed by atoms with Crippen LogP contribution >= 0.6 is 0 Å². The van der Waals surface area contributed by atoms with Crippen LogP contribution in [0.4, 0.5) is 0 Å². The van der Waals surface area contributed by atoms with Gasteiger partial charge in [0, 0.05) is 16.7 Å². The van der Waals surface area contributed by atoms with Crippen molar-refractivity contribution >= 4 is 11.6 Å². The molecule has 7 atom stereocenters. The summed E-state index contributed by atoms with van der Waals surface area (Å²) >= 11 is 0. The van der Waals surface area contributed by atoms with E-state index in [0.717, 1.165) is 31.3 Å². The third kappa shape index (κ3) is 2.76. The van der Waals surface area contributed by atoms with Gasteiger partial charge >= 0.3 is 0 Å². The van der Waals surface area contributed by atoms with Gasteiger partial charge in [-0.25, -0.2) is 0 Å². The highest BCUT2D eigenvalue weighted by Gasteiger charge is 2.67. The molecule has 0 aliphatic heterocycles. The van der Waals surface area contributed by atoms with Crippen molar-refractivity contribution in [1.29, 1.82) is 0 Å². The summed E-state index contributed by atoms with van der Waals surface area (Å²) in [5, 5.41) is 0. The molecule has 2 heteroatoms. The number of rotatable bonds is 3. The van der Waals surface area contributed by atoms with Gasteiger partial charge < -0.3 is 0 Å². The quantitative estimate of drug-likeness (QED) is 0.452. The van der Waals surface area contributed by atoms with Crippen LogP contribution in [0.5, 0.6) is 0 Å². The van der Waals surface area contributed by atoms with Crippen LogP contribution in [0.2, 0.25) is 0 Å². The molecule has 4 rings (SSSR count). The molecule has 4 aliphatic carbocycles. The molecular formula is C30H46O2. The van der Waals surface area contributed by atoms with Crippen molar-refractivity contribution in [2.45, 2.75) is 107 Å². The Morgan fingerprint density at radius 3 is 2.22 bits per heavy atom. The molecule has 2 fully saturated rings. The fourth-order valence-corrected chi connectivity index (χ4v) is 9.73. The van der Waals surface area contributed by atoms with Crippen molar-refractivity contribution in [2.75, 3.05) is 0 Å². The summed E-state index contributed by atoms with van der Waals surface area (Å²) < 4.78 is 0. The predicted molar refractivity (Wildman–Crippen MR) is 132 cm³/mol. The van der Waals surface area contributed by atoms with E-state index in [1.807, 2.05) is 6.92 Å². The van der Waals surface area contributed by atoms with Gasteiger partial charge in [-0.05, 0) is 78.8 Å². The Kier molecular flexibility index (Phi) is 5.36. The first-order valence-electron chi connectivity index (χ1n) is 13.2. The lowest BCUT2D eigenvalue weighted by atomic mass is 9.35. The highest BCUT2D eigenvalue weighted by Crippen LogP contribution is 2.73. The van der Waals surface area contributed by atoms with Crippen molar-refractivity contribution in [1.82, 2.24) is 0 Å². The standard InChI is InChI=1S/C30H46O2/c1-10-13-27(6)15-16-30(9)24(20(27)11-2)21(31)17-23-28(7)18-19(3)25(32)26(4,5)22(28)12-14-29(23,30)8/h17-18,20,22,24H,10-16H2,1-9H3/t20-,22-,24-,27+,28-,29+,30+/m0/s1. The van der Waals surface area contributed by atoms with Gasteiger partial charge in [-0.15, -0.1) is 0 Å². The maximum atomic E-state index is 14.1. The minimum atomic E-state index is -0.380. The second kappa shape index (κ2) is 7.16. The molecule has 0 spiro atoms. The van der Waals surface area contributed by atoms with Crippen LogP contribution in [0.1, 0.15) is 107 Å². The van der Waals surface area contributed by atoms with Crippen molar-refractivity contribution in [2.24, 2.45) is 44.8 Å². The monoisotopic (exact) mass is 438 g/mol. The van der Waals surface area contributed by atoms with E-state index in [9.17, 15) is 9.59 Å². The van der Waals surface area contributed by atoms with E-state index >= 15 is 0 Å². The van der Waals surface area contributed by atoms with E-state index in [1.165, 1.54) is 24.8 Å². The van der Waals surface area contributed by atoms with Crippen LogP contribution in [0.25, 0.3) is 0 Å². The SMILES string of the molecule is CCC[C@]1(C)CC[C@]2(C)[C@H](C(=O)C=C3[C@@]4(C)C=C(C)C(=O)C(C)(C)[C@@H]4CC[C@]32C)[C@@H]1CC. The van der Waals surface area contributed by atoms with Gasteiger partial charge in [0.15, 0.2) is 11.6 Å². The molecule has 0 heterocycles. The molecule has 0 unspecified atom stereocenters. The van der Waals surface area contributed by atoms with Gasteiger partial charge in [0.05, 0.1) is 0 Å². The van der Waals surface area contributed by atoms with E-state index < -0.39 is 0 Å². The Morgan fingerprint density at radius 1 is 0.969 bits per heavy atom. The van der Waals surface area contributed by atoms with E-state index in [0.29, 0.717) is 11.7 Å². The van der Waals surface area contributed by atoms with Crippen molar-refractivity contribution in [3.05, 3.63) is 23.3 Å². The van der Waals surface area contributed by atoms with Crippen molar-refractivity contribution < 1.29 is 9.59 Å². The Bertz CT molecular complexity index is 906. The number of carbonyl (C=O) groups is 2. The number of hydrogen-bond acceptors (Lipinski definition) is 2. The minimum absolute atomic E-state index is 0.00500. The highest BCUT2D eigenvalue weighted by atomic mass is 16.1. The molecule has 4 aliphatic rings. The number of hydrogen-bond donors (Lipinski definition) is 0. The Balaban J connectivity index is 1.90. The molecule has 32 heavy (non-hydrogen) atoms. The van der Waals surface area contributed by atoms with Gasteiger partial charge in [-0.3, -0.25) is 9.59 Å². The molecule has 0 aromatic rings. The maximum Gasteiger partial charge on any atom is 0.164 e. The third-order valence-electron chi connectivity index (χ3n) is 11.5. The second-order valence-electron chi connectivity index (χ2n) is 13.4. The minimum Gasteiger partial charge on any atom is -0.295 e. The summed E-state index contributed by atoms with van der Waals surface area (Å²) in [6, 6.07) is 0. The van der Waals surface area contributed by atoms with Gasteiger partial charge in [0.2, 0.25) is 0 Å². The normalized spacial score (nSPS) is 47.7. The van der Waals surface area contributed by atoms with Crippen LogP contribution in [0.15, 0.2) is 23.3 Å². The smallest absolute Gasteiger partial charge is 0.164 e. The highest BCUT2D eigenvalue weighted by molar-refractivity contribution is 6.01. The first-order valence-corrected chi connectivity index (χ1v) is 13.2. The number of ketones is 2. The zero-order chi connectivity index (χ0) is 23.9.